The first-order chi connectivity index (χ1) is 7.58. The molecule has 0 saturated heterocycles. The molecule has 0 aliphatic carbocycles. The zero-order valence-electron chi connectivity index (χ0n) is 8.67. The van der Waals surface area contributed by atoms with E-state index in [1.807, 2.05) is 0 Å². The van der Waals surface area contributed by atoms with E-state index in [0.717, 1.165) is 0 Å². The molecule has 1 aromatic rings. The first kappa shape index (κ1) is 13.9. The van der Waals surface area contributed by atoms with Crippen molar-refractivity contribution in [1.29, 1.82) is 0 Å². The Morgan fingerprint density at radius 3 is 2.38 bits per heavy atom. The number of halogens is 3. The number of ether oxygens (including phenoxy) is 2. The Labute approximate surface area is 109 Å². The van der Waals surface area contributed by atoms with E-state index in [0.29, 0.717) is 34.0 Å². The molecule has 0 heterocycles. The minimum Gasteiger partial charge on any atom is -0.485 e. The average Bonchev–Trinajstić information content (AvgIpc) is 2.25. The monoisotopic (exact) mass is 283 g/mol. The predicted octanol–water partition coefficient (Wildman–Crippen LogP) is 3.00. The molecule has 1 aromatic carbocycles. The van der Waals surface area contributed by atoms with E-state index in [1.165, 1.54) is 6.07 Å². The molecule has 6 heteroatoms. The molecule has 1 atom stereocenters. The van der Waals surface area contributed by atoms with Crippen molar-refractivity contribution in [3.05, 3.63) is 27.2 Å². The lowest BCUT2D eigenvalue weighted by Gasteiger charge is -2.17. The van der Waals surface area contributed by atoms with E-state index in [9.17, 15) is 0 Å². The van der Waals surface area contributed by atoms with Gasteiger partial charge in [0.15, 0.2) is 0 Å². The van der Waals surface area contributed by atoms with Gasteiger partial charge in [0, 0.05) is 19.7 Å². The summed E-state index contributed by atoms with van der Waals surface area (Å²) in [6, 6.07) is 3.09. The van der Waals surface area contributed by atoms with Gasteiger partial charge in [-0.05, 0) is 6.07 Å². The molecule has 0 radical (unpaired) electrons. The summed E-state index contributed by atoms with van der Waals surface area (Å²) in [5, 5.41) is 1.16. The highest BCUT2D eigenvalue weighted by Crippen LogP contribution is 2.34. The fourth-order valence-electron chi connectivity index (χ4n) is 1.11. The molecule has 0 spiro atoms. The number of hydrogen-bond acceptors (Lipinski definition) is 3. The van der Waals surface area contributed by atoms with Crippen LogP contribution in [0.3, 0.4) is 0 Å². The SMILES string of the molecule is COCC(CN)Oc1cc(Cl)c(Cl)cc1Cl. The lowest BCUT2D eigenvalue weighted by molar-refractivity contribution is 0.0861. The quantitative estimate of drug-likeness (QED) is 0.845. The van der Waals surface area contributed by atoms with Crippen LogP contribution in [-0.2, 0) is 4.74 Å². The summed E-state index contributed by atoms with van der Waals surface area (Å²) < 4.78 is 10.5. The molecule has 0 amide bonds. The largest absolute Gasteiger partial charge is 0.485 e. The lowest BCUT2D eigenvalue weighted by Crippen LogP contribution is -2.31. The van der Waals surface area contributed by atoms with Crippen LogP contribution in [-0.4, -0.2) is 26.4 Å². The second-order valence-corrected chi connectivity index (χ2v) is 4.35. The number of benzene rings is 1. The topological polar surface area (TPSA) is 44.5 Å². The number of hydrogen-bond donors (Lipinski definition) is 1. The molecule has 1 unspecified atom stereocenters. The lowest BCUT2D eigenvalue weighted by atomic mass is 10.3. The molecule has 3 nitrogen and oxygen atoms in total. The summed E-state index contributed by atoms with van der Waals surface area (Å²) in [5.41, 5.74) is 5.52. The third-order valence-corrected chi connectivity index (χ3v) is 2.90. The Hall–Kier alpha value is -0.190. The van der Waals surface area contributed by atoms with Crippen molar-refractivity contribution in [2.45, 2.75) is 6.10 Å². The molecule has 0 bridgehead atoms. The average molecular weight is 285 g/mol. The van der Waals surface area contributed by atoms with E-state index in [4.69, 9.17) is 50.0 Å². The molecule has 90 valence electrons. The maximum absolute atomic E-state index is 5.95. The Morgan fingerprint density at radius 1 is 1.19 bits per heavy atom. The minimum absolute atomic E-state index is 0.264. The molecular formula is C10H12Cl3NO2. The summed E-state index contributed by atoms with van der Waals surface area (Å²) in [6.07, 6.45) is -0.264. The zero-order valence-corrected chi connectivity index (χ0v) is 10.9. The molecule has 0 aliphatic heterocycles. The highest BCUT2D eigenvalue weighted by molar-refractivity contribution is 6.43. The fraction of sp³-hybridized carbons (Fsp3) is 0.400. The van der Waals surface area contributed by atoms with Gasteiger partial charge < -0.3 is 15.2 Å². The number of methoxy groups -OCH3 is 1. The van der Waals surface area contributed by atoms with Crippen LogP contribution in [0.1, 0.15) is 0 Å². The molecular weight excluding hydrogens is 272 g/mol. The molecule has 1 rings (SSSR count). The molecule has 16 heavy (non-hydrogen) atoms. The van der Waals surface area contributed by atoms with Gasteiger partial charge in [-0.3, -0.25) is 0 Å². The van der Waals surface area contributed by atoms with Crippen LogP contribution in [0.25, 0.3) is 0 Å². The standard InChI is InChI=1S/C10H12Cl3NO2/c1-15-5-6(4-14)16-10-3-8(12)7(11)2-9(10)13/h2-3,6H,4-5,14H2,1H3. The van der Waals surface area contributed by atoms with Gasteiger partial charge >= 0.3 is 0 Å². The normalized spacial score (nSPS) is 12.6. The van der Waals surface area contributed by atoms with Crippen molar-refractivity contribution in [3.63, 3.8) is 0 Å². The summed E-state index contributed by atoms with van der Waals surface area (Å²) in [6.45, 7) is 0.706. The van der Waals surface area contributed by atoms with E-state index in [-0.39, 0.29) is 6.10 Å². The van der Waals surface area contributed by atoms with Gasteiger partial charge in [0.25, 0.3) is 0 Å². The van der Waals surface area contributed by atoms with Crippen LogP contribution < -0.4 is 10.5 Å². The van der Waals surface area contributed by atoms with Crippen molar-refractivity contribution < 1.29 is 9.47 Å². The summed E-state index contributed by atoms with van der Waals surface area (Å²) in [5.74, 6) is 0.448. The molecule has 0 fully saturated rings. The van der Waals surface area contributed by atoms with Gasteiger partial charge in [0.2, 0.25) is 0 Å². The Kier molecular flexibility index (Phi) is 5.66. The van der Waals surface area contributed by atoms with Gasteiger partial charge in [0.1, 0.15) is 11.9 Å². The fourth-order valence-corrected chi connectivity index (χ4v) is 1.69. The minimum atomic E-state index is -0.264. The van der Waals surface area contributed by atoms with Crippen LogP contribution in [0.15, 0.2) is 12.1 Å². The zero-order chi connectivity index (χ0) is 12.1. The first-order valence-corrected chi connectivity index (χ1v) is 5.72. The maximum atomic E-state index is 5.95. The Balaban J connectivity index is 2.83. The van der Waals surface area contributed by atoms with E-state index in [1.54, 1.807) is 13.2 Å². The molecule has 0 saturated carbocycles. The maximum Gasteiger partial charge on any atom is 0.140 e. The van der Waals surface area contributed by atoms with Gasteiger partial charge in [-0.2, -0.15) is 0 Å². The summed E-state index contributed by atoms with van der Waals surface area (Å²) in [4.78, 5) is 0. The van der Waals surface area contributed by atoms with Gasteiger partial charge in [-0.25, -0.2) is 0 Å². The van der Waals surface area contributed by atoms with Crippen LogP contribution in [0.4, 0.5) is 0 Å². The summed E-state index contributed by atoms with van der Waals surface area (Å²) in [7, 11) is 1.57. The van der Waals surface area contributed by atoms with E-state index in [2.05, 4.69) is 0 Å². The van der Waals surface area contributed by atoms with Crippen molar-refractivity contribution in [3.8, 4) is 5.75 Å². The van der Waals surface area contributed by atoms with Crippen LogP contribution in [0, 0.1) is 0 Å². The van der Waals surface area contributed by atoms with Crippen molar-refractivity contribution in [2.75, 3.05) is 20.3 Å². The highest BCUT2D eigenvalue weighted by atomic mass is 35.5. The van der Waals surface area contributed by atoms with Crippen molar-refractivity contribution in [2.24, 2.45) is 5.73 Å². The summed E-state index contributed by atoms with van der Waals surface area (Å²) >= 11 is 17.6. The van der Waals surface area contributed by atoms with Gasteiger partial charge in [-0.1, -0.05) is 34.8 Å². The smallest absolute Gasteiger partial charge is 0.140 e. The van der Waals surface area contributed by atoms with Crippen LogP contribution in [0.5, 0.6) is 5.75 Å². The molecule has 0 aromatic heterocycles. The number of rotatable bonds is 5. The first-order valence-electron chi connectivity index (χ1n) is 4.58. The van der Waals surface area contributed by atoms with Crippen molar-refractivity contribution >= 4 is 34.8 Å². The van der Waals surface area contributed by atoms with Gasteiger partial charge in [0.05, 0.1) is 21.7 Å². The Bertz CT molecular complexity index is 360. The predicted molar refractivity (Wildman–Crippen MR) is 66.8 cm³/mol. The Morgan fingerprint density at radius 2 is 1.81 bits per heavy atom. The van der Waals surface area contributed by atoms with E-state index >= 15 is 0 Å². The second kappa shape index (κ2) is 6.52. The number of nitrogens with two attached hydrogens (primary N) is 1. The van der Waals surface area contributed by atoms with E-state index < -0.39 is 0 Å². The van der Waals surface area contributed by atoms with Crippen LogP contribution >= 0.6 is 34.8 Å². The van der Waals surface area contributed by atoms with Crippen molar-refractivity contribution in [1.82, 2.24) is 0 Å². The molecule has 0 aliphatic rings. The second-order valence-electron chi connectivity index (χ2n) is 3.13. The molecule has 2 N–H and O–H groups in total. The van der Waals surface area contributed by atoms with Gasteiger partial charge in [-0.15, -0.1) is 0 Å². The third-order valence-electron chi connectivity index (χ3n) is 1.88. The highest BCUT2D eigenvalue weighted by Gasteiger charge is 2.12. The third kappa shape index (κ3) is 3.68. The van der Waals surface area contributed by atoms with Crippen LogP contribution in [0.2, 0.25) is 15.1 Å².